The van der Waals surface area contributed by atoms with Crippen LogP contribution in [-0.2, 0) is 0 Å². The third kappa shape index (κ3) is 2.51. The van der Waals surface area contributed by atoms with Crippen LogP contribution in [0.2, 0.25) is 4.98 Å². The van der Waals surface area contributed by atoms with E-state index in [1.54, 1.807) is 0 Å². The Morgan fingerprint density at radius 2 is 2.00 bits per heavy atom. The second-order valence-electron chi connectivity index (χ2n) is 3.45. The van der Waals surface area contributed by atoms with E-state index in [0.717, 1.165) is 0 Å². The minimum absolute atomic E-state index is 0.982. The molecule has 1 aliphatic heterocycles. The van der Waals surface area contributed by atoms with Crippen molar-refractivity contribution >= 4 is 16.5 Å². The van der Waals surface area contributed by atoms with E-state index in [-0.39, 0.29) is 0 Å². The molecular weight excluding hydrogens is 194 g/mol. The molecule has 0 bridgehead atoms. The summed E-state index contributed by atoms with van der Waals surface area (Å²) in [4.78, 5) is 3.99. The topological polar surface area (TPSA) is 6.48 Å². The Morgan fingerprint density at radius 1 is 1.27 bits per heavy atom. The molecule has 11 heavy (non-hydrogen) atoms. The third-order valence-electron chi connectivity index (χ3n) is 2.69. The summed E-state index contributed by atoms with van der Waals surface area (Å²) >= 11 is -0.982. The zero-order valence-corrected chi connectivity index (χ0v) is 10.4. The van der Waals surface area contributed by atoms with Crippen molar-refractivity contribution in [3.8, 4) is 0 Å². The van der Waals surface area contributed by atoms with E-state index < -0.39 is 16.5 Å². The van der Waals surface area contributed by atoms with Crippen LogP contribution >= 0.6 is 0 Å². The molecule has 0 aromatic carbocycles. The fourth-order valence-corrected chi connectivity index (χ4v) is 7.95. The Balaban J connectivity index is 2.41. The molecule has 0 unspecified atom stereocenters. The third-order valence-corrected chi connectivity index (χ3v) is 10.3. The van der Waals surface area contributed by atoms with E-state index >= 15 is 0 Å². The van der Waals surface area contributed by atoms with Gasteiger partial charge in [-0.05, 0) is 0 Å². The van der Waals surface area contributed by atoms with Crippen LogP contribution in [0.25, 0.3) is 0 Å². The molecule has 1 aliphatic rings. The molecule has 0 N–H and O–H groups in total. The summed E-state index contributed by atoms with van der Waals surface area (Å²) in [6.07, 6.45) is 0. The maximum absolute atomic E-state index is 2.77. The van der Waals surface area contributed by atoms with Crippen molar-refractivity contribution < 1.29 is 0 Å². The summed E-state index contributed by atoms with van der Waals surface area (Å²) in [5.41, 5.74) is 0. The van der Waals surface area contributed by atoms with Crippen LogP contribution in [0.1, 0.15) is 13.8 Å². The molecule has 1 saturated heterocycles. The maximum atomic E-state index is 2.77. The molecule has 0 atom stereocenters. The molecule has 0 aromatic heterocycles. The Kier molecular flexibility index (Phi) is 3.99. The quantitative estimate of drug-likeness (QED) is 0.626. The summed E-state index contributed by atoms with van der Waals surface area (Å²) in [7, 11) is 2.26. The van der Waals surface area contributed by atoms with Gasteiger partial charge in [-0.3, -0.25) is 0 Å². The first kappa shape index (κ1) is 9.64. The predicted molar refractivity (Wildman–Crippen MR) is 51.0 cm³/mol. The molecule has 0 radical (unpaired) electrons. The second-order valence-corrected chi connectivity index (χ2v) is 10.2. The van der Waals surface area contributed by atoms with Crippen LogP contribution in [0.4, 0.5) is 0 Å². The van der Waals surface area contributed by atoms with Gasteiger partial charge in [0.25, 0.3) is 0 Å². The van der Waals surface area contributed by atoms with Gasteiger partial charge in [-0.1, -0.05) is 0 Å². The molecule has 1 rings (SSSR count). The number of rotatable bonds is 2. The van der Waals surface area contributed by atoms with Crippen molar-refractivity contribution in [2.24, 2.45) is 0 Å². The van der Waals surface area contributed by atoms with Crippen molar-refractivity contribution in [2.75, 3.05) is 31.8 Å². The van der Waals surface area contributed by atoms with Crippen molar-refractivity contribution in [3.05, 3.63) is 0 Å². The van der Waals surface area contributed by atoms with E-state index in [9.17, 15) is 0 Å². The van der Waals surface area contributed by atoms with Gasteiger partial charge in [-0.25, -0.2) is 0 Å². The van der Waals surface area contributed by atoms with Crippen LogP contribution in [-0.4, -0.2) is 56.7 Å². The van der Waals surface area contributed by atoms with Gasteiger partial charge in [0.2, 0.25) is 0 Å². The monoisotopic (exact) mass is 212 g/mol. The number of nitrogens with zero attached hydrogens (tertiary/aromatic N) is 2. The zero-order valence-electron chi connectivity index (χ0n) is 8.01. The summed E-state index contributed by atoms with van der Waals surface area (Å²) in [6.45, 7) is 8.60. The molecule has 0 saturated carbocycles. The molecule has 1 heterocycles. The molecule has 0 aromatic rings. The van der Waals surface area contributed by atoms with Gasteiger partial charge in [0.15, 0.2) is 0 Å². The van der Waals surface area contributed by atoms with Crippen LogP contribution in [0, 0.1) is 0 Å². The van der Waals surface area contributed by atoms with Crippen molar-refractivity contribution in [2.45, 2.75) is 18.8 Å². The number of hydrogen-bond acceptors (Lipinski definition) is 2. The van der Waals surface area contributed by atoms with Crippen molar-refractivity contribution in [1.82, 2.24) is 8.51 Å². The predicted octanol–water partition coefficient (Wildman–Crippen LogP) is 0.804. The Labute approximate surface area is 75.9 Å². The average molecular weight is 213 g/mol. The van der Waals surface area contributed by atoms with E-state index in [1.165, 1.54) is 29.7 Å². The van der Waals surface area contributed by atoms with E-state index in [1.807, 2.05) is 0 Å². The number of likely N-dealkylation sites (N-methyl/N-ethyl adjacent to an activating group) is 2. The van der Waals surface area contributed by atoms with Crippen LogP contribution in [0.3, 0.4) is 0 Å². The van der Waals surface area contributed by atoms with E-state index in [2.05, 4.69) is 29.4 Å². The van der Waals surface area contributed by atoms with Crippen LogP contribution in [0.5, 0.6) is 0 Å². The summed E-state index contributed by atoms with van der Waals surface area (Å²) in [5.74, 6) is 0. The Hall–Kier alpha value is 0.556. The SMILES string of the molecule is CC[N]1CCN(C)[CH2][Ga]1[CH2]C. The van der Waals surface area contributed by atoms with Gasteiger partial charge in [0.1, 0.15) is 0 Å². The molecule has 3 heteroatoms. The van der Waals surface area contributed by atoms with Crippen LogP contribution < -0.4 is 0 Å². The first-order valence-corrected chi connectivity index (χ1v) is 9.21. The number of hydrogen-bond donors (Lipinski definition) is 0. The molecular formula is C8H19GaN2. The van der Waals surface area contributed by atoms with Crippen LogP contribution in [0.15, 0.2) is 0 Å². The van der Waals surface area contributed by atoms with Gasteiger partial charge in [-0.2, -0.15) is 0 Å². The van der Waals surface area contributed by atoms with Gasteiger partial charge >= 0.3 is 75.6 Å². The zero-order chi connectivity index (χ0) is 8.27. The van der Waals surface area contributed by atoms with E-state index in [4.69, 9.17) is 0 Å². The molecule has 0 amide bonds. The average Bonchev–Trinajstić information content (AvgIpc) is 2.04. The van der Waals surface area contributed by atoms with Gasteiger partial charge in [-0.15, -0.1) is 0 Å². The fraction of sp³-hybridized carbons (Fsp3) is 1.00. The molecule has 0 spiro atoms. The minimum atomic E-state index is -0.982. The molecule has 64 valence electrons. The van der Waals surface area contributed by atoms with Gasteiger partial charge in [0, 0.05) is 0 Å². The Morgan fingerprint density at radius 3 is 2.55 bits per heavy atom. The first-order valence-electron chi connectivity index (χ1n) is 4.70. The standard InChI is InChI=1S/C6H14N2.C2H5.Ga/c1-4-7-5-6-8(2)3;1-2;/h2,4-6H2,1,3H3;1H2,2H3;/q-1;;+1. The normalized spacial score (nSPS) is 22.6. The van der Waals surface area contributed by atoms with Gasteiger partial charge < -0.3 is 0 Å². The summed E-state index contributed by atoms with van der Waals surface area (Å²) in [5, 5.41) is 1.44. The Bertz CT molecular complexity index is 119. The van der Waals surface area contributed by atoms with E-state index in [0.29, 0.717) is 0 Å². The van der Waals surface area contributed by atoms with Crippen molar-refractivity contribution in [3.63, 3.8) is 0 Å². The fourth-order valence-electron chi connectivity index (χ4n) is 1.85. The molecule has 1 fully saturated rings. The van der Waals surface area contributed by atoms with Crippen molar-refractivity contribution in [1.29, 1.82) is 0 Å². The summed E-state index contributed by atoms with van der Waals surface area (Å²) in [6, 6.07) is 0. The van der Waals surface area contributed by atoms with Gasteiger partial charge in [0.05, 0.1) is 0 Å². The molecule has 0 aliphatic carbocycles. The second kappa shape index (κ2) is 4.55. The molecule has 2 nitrogen and oxygen atoms in total. The summed E-state index contributed by atoms with van der Waals surface area (Å²) < 4.78 is 2.77. The first-order chi connectivity index (χ1) is 5.27.